The number of fused-ring (bicyclic) bond motifs is 2. The second kappa shape index (κ2) is 11.4. The van der Waals surface area contributed by atoms with Crippen LogP contribution >= 0.6 is 11.3 Å². The second-order valence-electron chi connectivity index (χ2n) is 10.1. The van der Waals surface area contributed by atoms with Crippen LogP contribution in [0.2, 0.25) is 0 Å². The normalized spacial score (nSPS) is 12.7. The first-order valence-electron chi connectivity index (χ1n) is 13.4. The van der Waals surface area contributed by atoms with Crippen LogP contribution in [0, 0.1) is 0 Å². The van der Waals surface area contributed by atoms with E-state index in [2.05, 4.69) is 16.9 Å². The molecule has 0 bridgehead atoms. The van der Waals surface area contributed by atoms with Crippen molar-refractivity contribution in [3.05, 3.63) is 126 Å². The number of benzene rings is 4. The third kappa shape index (κ3) is 5.90. The molecule has 0 saturated carbocycles. The summed E-state index contributed by atoms with van der Waals surface area (Å²) in [5.74, 6) is 0.582. The first kappa shape index (κ1) is 26.5. The Hall–Kier alpha value is -4.75. The van der Waals surface area contributed by atoms with Crippen LogP contribution in [-0.4, -0.2) is 21.0 Å². The van der Waals surface area contributed by atoms with Crippen molar-refractivity contribution < 1.29 is 19.4 Å². The number of nitrogens with zero attached hydrogens (tertiary/aromatic N) is 2. The summed E-state index contributed by atoms with van der Waals surface area (Å²) in [5, 5.41) is 11.2. The molecule has 204 valence electrons. The maximum atomic E-state index is 11.5. The number of para-hydroxylation sites is 2. The van der Waals surface area contributed by atoms with Gasteiger partial charge < -0.3 is 14.6 Å². The highest BCUT2D eigenvalue weighted by molar-refractivity contribution is 7.20. The first-order valence-corrected chi connectivity index (χ1v) is 14.2. The fourth-order valence-corrected chi connectivity index (χ4v) is 5.80. The van der Waals surface area contributed by atoms with Crippen LogP contribution in [0.3, 0.4) is 0 Å². The van der Waals surface area contributed by atoms with Gasteiger partial charge >= 0.3 is 5.97 Å². The lowest BCUT2D eigenvalue weighted by Crippen LogP contribution is -2.24. The molecule has 0 spiro atoms. The Morgan fingerprint density at radius 1 is 0.780 bits per heavy atom. The summed E-state index contributed by atoms with van der Waals surface area (Å²) in [7, 11) is 0. The topological polar surface area (TPSA) is 81.5 Å². The van der Waals surface area contributed by atoms with E-state index >= 15 is 0 Å². The minimum absolute atomic E-state index is 0.0480. The van der Waals surface area contributed by atoms with Gasteiger partial charge in [-0.25, -0.2) is 9.97 Å². The lowest BCUT2D eigenvalue weighted by molar-refractivity contribution is -0.137. The molecule has 0 fully saturated rings. The minimum atomic E-state index is -0.824. The van der Waals surface area contributed by atoms with Crippen LogP contribution in [0.5, 0.6) is 16.7 Å². The zero-order valence-electron chi connectivity index (χ0n) is 22.5. The number of carboxylic acids is 1. The first-order chi connectivity index (χ1) is 20.0. The van der Waals surface area contributed by atoms with Crippen molar-refractivity contribution in [3.63, 3.8) is 0 Å². The van der Waals surface area contributed by atoms with E-state index in [9.17, 15) is 9.90 Å². The molecule has 1 N–H and O–H groups in total. The molecule has 2 aromatic heterocycles. The van der Waals surface area contributed by atoms with Crippen molar-refractivity contribution in [2.45, 2.75) is 31.8 Å². The van der Waals surface area contributed by atoms with Gasteiger partial charge in [0.05, 0.1) is 21.4 Å². The maximum Gasteiger partial charge on any atom is 0.303 e. The van der Waals surface area contributed by atoms with Gasteiger partial charge in [0.15, 0.2) is 0 Å². The van der Waals surface area contributed by atoms with Gasteiger partial charge in [-0.3, -0.25) is 4.79 Å². The van der Waals surface area contributed by atoms with E-state index in [1.54, 1.807) is 0 Å². The van der Waals surface area contributed by atoms with E-state index in [0.717, 1.165) is 43.7 Å². The Balaban J connectivity index is 1.19. The van der Waals surface area contributed by atoms with Gasteiger partial charge in [-0.2, -0.15) is 0 Å². The molecule has 1 atom stereocenters. The van der Waals surface area contributed by atoms with Crippen LogP contribution in [0.15, 0.2) is 109 Å². The molecular formula is C34H28N2O4S. The van der Waals surface area contributed by atoms with E-state index in [1.165, 1.54) is 11.3 Å². The average Bonchev–Trinajstić information content (AvgIpc) is 3.41. The molecule has 0 radical (unpaired) electrons. The fraction of sp³-hybridized carbons (Fsp3) is 0.147. The highest BCUT2D eigenvalue weighted by Crippen LogP contribution is 2.39. The van der Waals surface area contributed by atoms with Crippen LogP contribution in [0.1, 0.15) is 36.6 Å². The summed E-state index contributed by atoms with van der Waals surface area (Å²) >= 11 is 1.50. The summed E-state index contributed by atoms with van der Waals surface area (Å²) in [6.45, 7) is 2.44. The van der Waals surface area contributed by atoms with E-state index in [4.69, 9.17) is 9.47 Å². The van der Waals surface area contributed by atoms with Crippen molar-refractivity contribution in [1.82, 2.24) is 9.97 Å². The van der Waals surface area contributed by atoms with Crippen LogP contribution in [0.25, 0.3) is 21.1 Å². The number of carbonyl (C=O) groups is 1. The van der Waals surface area contributed by atoms with Gasteiger partial charge in [0.1, 0.15) is 18.1 Å². The molecule has 0 aliphatic rings. The van der Waals surface area contributed by atoms with Crippen molar-refractivity contribution in [2.24, 2.45) is 0 Å². The number of rotatable bonds is 10. The highest BCUT2D eigenvalue weighted by Gasteiger charge is 2.30. The summed E-state index contributed by atoms with van der Waals surface area (Å²) in [6.07, 6.45) is 0.494. The number of carboxylic acid groups (broad SMARTS) is 1. The number of pyridine rings is 1. The predicted octanol–water partition coefficient (Wildman–Crippen LogP) is 8.39. The van der Waals surface area contributed by atoms with Crippen molar-refractivity contribution in [1.29, 1.82) is 0 Å². The van der Waals surface area contributed by atoms with Crippen LogP contribution < -0.4 is 9.47 Å². The molecule has 0 amide bonds. The molecule has 6 nitrogen and oxygen atoms in total. The van der Waals surface area contributed by atoms with E-state index < -0.39 is 11.4 Å². The van der Waals surface area contributed by atoms with Gasteiger partial charge in [-0.15, -0.1) is 0 Å². The third-order valence-corrected chi connectivity index (χ3v) is 8.26. The Labute approximate surface area is 241 Å². The molecule has 6 rings (SSSR count). The number of thiazole rings is 1. The molecule has 0 saturated heterocycles. The molecule has 0 aliphatic carbocycles. The Bertz CT molecular complexity index is 1780. The zero-order valence-corrected chi connectivity index (χ0v) is 23.3. The van der Waals surface area contributed by atoms with Crippen LogP contribution in [0.4, 0.5) is 0 Å². The molecule has 1 unspecified atom stereocenters. The molecule has 0 aliphatic heterocycles. The fourth-order valence-electron chi connectivity index (χ4n) is 4.96. The number of ether oxygens (including phenoxy) is 2. The summed E-state index contributed by atoms with van der Waals surface area (Å²) < 4.78 is 13.1. The number of hydrogen-bond donors (Lipinski definition) is 1. The van der Waals surface area contributed by atoms with Gasteiger partial charge in [0.25, 0.3) is 5.19 Å². The highest BCUT2D eigenvalue weighted by atomic mass is 32.1. The SMILES string of the molecule is CC(CCC(=O)O)(c1ccc(OCc2ccc3ccccc3n2)cc1)c1ccc(Oc2nc3ccccc3s2)cc1. The Morgan fingerprint density at radius 2 is 1.44 bits per heavy atom. The van der Waals surface area contributed by atoms with Crippen molar-refractivity contribution in [2.75, 3.05) is 0 Å². The number of hydrogen-bond acceptors (Lipinski definition) is 6. The molecule has 7 heteroatoms. The summed E-state index contributed by atoms with van der Waals surface area (Å²) in [4.78, 5) is 20.8. The average molecular weight is 561 g/mol. The molecule has 6 aromatic rings. The van der Waals surface area contributed by atoms with Gasteiger partial charge in [-0.05, 0) is 66.1 Å². The largest absolute Gasteiger partial charge is 0.487 e. The van der Waals surface area contributed by atoms with Crippen molar-refractivity contribution in [3.8, 4) is 16.7 Å². The number of aliphatic carboxylic acids is 1. The smallest absolute Gasteiger partial charge is 0.303 e. The second-order valence-corrected chi connectivity index (χ2v) is 11.1. The predicted molar refractivity (Wildman–Crippen MR) is 162 cm³/mol. The molecule has 4 aromatic carbocycles. The van der Waals surface area contributed by atoms with E-state index in [1.807, 2.05) is 109 Å². The lowest BCUT2D eigenvalue weighted by Gasteiger charge is -2.31. The number of aromatic nitrogens is 2. The van der Waals surface area contributed by atoms with Gasteiger partial charge in [0.2, 0.25) is 0 Å². The molecular weight excluding hydrogens is 532 g/mol. The zero-order chi connectivity index (χ0) is 28.2. The van der Waals surface area contributed by atoms with Crippen molar-refractivity contribution >= 4 is 38.4 Å². The third-order valence-electron chi connectivity index (χ3n) is 7.34. The monoisotopic (exact) mass is 560 g/mol. The Kier molecular flexibility index (Phi) is 7.35. The maximum absolute atomic E-state index is 11.5. The van der Waals surface area contributed by atoms with E-state index in [0.29, 0.717) is 24.0 Å². The standard InChI is InChI=1S/C34H28N2O4S/c1-34(21-20-32(37)38,25-13-18-28(19-14-25)40-33-36-30-8-4-5-9-31(30)41-33)24-11-16-27(17-12-24)39-22-26-15-10-23-6-2-3-7-29(23)35-26/h2-19H,20-22H2,1H3,(H,37,38). The molecule has 41 heavy (non-hydrogen) atoms. The summed E-state index contributed by atoms with van der Waals surface area (Å²) in [5.41, 5.74) is 4.19. The van der Waals surface area contributed by atoms with Crippen LogP contribution in [-0.2, 0) is 16.8 Å². The summed E-state index contributed by atoms with van der Waals surface area (Å²) in [6, 6.07) is 35.7. The lowest BCUT2D eigenvalue weighted by atomic mass is 9.73. The Morgan fingerprint density at radius 3 is 2.15 bits per heavy atom. The quantitative estimate of drug-likeness (QED) is 0.181. The van der Waals surface area contributed by atoms with E-state index in [-0.39, 0.29) is 6.42 Å². The van der Waals surface area contributed by atoms with Gasteiger partial charge in [-0.1, -0.05) is 78.9 Å². The molecule has 2 heterocycles. The minimum Gasteiger partial charge on any atom is -0.487 e. The van der Waals surface area contributed by atoms with Gasteiger partial charge in [0, 0.05) is 17.2 Å².